The number of amides is 1. The second-order valence-corrected chi connectivity index (χ2v) is 5.21. The number of esters is 1. The average molecular weight is 341 g/mol. The highest BCUT2D eigenvalue weighted by atomic mass is 79.9. The summed E-state index contributed by atoms with van der Waals surface area (Å²) in [5, 5.41) is 2.72. The average Bonchev–Trinajstić information content (AvgIpc) is 2.89. The highest BCUT2D eigenvalue weighted by Crippen LogP contribution is 2.14. The van der Waals surface area contributed by atoms with Crippen molar-refractivity contribution in [2.75, 3.05) is 6.61 Å². The van der Waals surface area contributed by atoms with E-state index in [0.29, 0.717) is 12.8 Å². The summed E-state index contributed by atoms with van der Waals surface area (Å²) in [4.78, 5) is 26.1. The van der Waals surface area contributed by atoms with Crippen LogP contribution >= 0.6 is 15.9 Å². The zero-order valence-electron chi connectivity index (χ0n) is 11.5. The largest absolute Gasteiger partial charge is 0.451 e. The van der Waals surface area contributed by atoms with E-state index in [0.717, 1.165) is 4.47 Å². The monoisotopic (exact) mass is 340 g/mol. The fraction of sp³-hybridized carbons (Fsp3) is 0.429. The normalized spacial score (nSPS) is 10.7. The van der Waals surface area contributed by atoms with Crippen LogP contribution in [0.2, 0.25) is 0 Å². The molecular weight excluding hydrogens is 324 g/mol. The van der Waals surface area contributed by atoms with E-state index in [4.69, 9.17) is 11.2 Å². The minimum Gasteiger partial charge on any atom is -0.451 e. The van der Waals surface area contributed by atoms with Gasteiger partial charge in [-0.15, -0.1) is 6.42 Å². The van der Waals surface area contributed by atoms with Gasteiger partial charge in [0.15, 0.2) is 6.61 Å². The van der Waals surface area contributed by atoms with Gasteiger partial charge in [-0.2, -0.15) is 0 Å². The molecule has 5 nitrogen and oxygen atoms in total. The number of H-pyrrole nitrogens is 1. The number of ether oxygens (including phenoxy) is 1. The van der Waals surface area contributed by atoms with Gasteiger partial charge >= 0.3 is 5.97 Å². The number of rotatable bonds is 6. The maximum Gasteiger partial charge on any atom is 0.355 e. The van der Waals surface area contributed by atoms with Gasteiger partial charge in [-0.1, -0.05) is 19.8 Å². The molecule has 2 N–H and O–H groups in total. The van der Waals surface area contributed by atoms with Gasteiger partial charge in [0, 0.05) is 10.7 Å². The minimum atomic E-state index is -0.682. The molecule has 0 aliphatic heterocycles. The van der Waals surface area contributed by atoms with Crippen LogP contribution < -0.4 is 5.32 Å². The molecule has 1 aromatic rings. The fourth-order valence-electron chi connectivity index (χ4n) is 1.66. The summed E-state index contributed by atoms with van der Waals surface area (Å²) in [6, 6.07) is 1.57. The van der Waals surface area contributed by atoms with Crippen molar-refractivity contribution in [3.05, 3.63) is 22.4 Å². The number of halogens is 1. The maximum atomic E-state index is 11.8. The molecule has 0 fully saturated rings. The third-order valence-electron chi connectivity index (χ3n) is 3.06. The van der Waals surface area contributed by atoms with Crippen molar-refractivity contribution in [1.29, 1.82) is 0 Å². The molecule has 0 aliphatic carbocycles. The van der Waals surface area contributed by atoms with Crippen LogP contribution in [0.1, 0.15) is 37.2 Å². The molecule has 6 heteroatoms. The molecule has 0 spiro atoms. The molecule has 1 rings (SSSR count). The molecule has 0 bridgehead atoms. The Kier molecular flexibility index (Phi) is 5.83. The van der Waals surface area contributed by atoms with Gasteiger partial charge in [0.25, 0.3) is 5.91 Å². The Morgan fingerprint density at radius 3 is 2.60 bits per heavy atom. The zero-order valence-corrected chi connectivity index (χ0v) is 13.0. The van der Waals surface area contributed by atoms with E-state index in [9.17, 15) is 9.59 Å². The van der Waals surface area contributed by atoms with Crippen molar-refractivity contribution in [2.24, 2.45) is 0 Å². The molecule has 0 saturated heterocycles. The summed E-state index contributed by atoms with van der Waals surface area (Å²) < 4.78 is 5.64. The van der Waals surface area contributed by atoms with E-state index in [1.165, 1.54) is 0 Å². The summed E-state index contributed by atoms with van der Waals surface area (Å²) in [6.45, 7) is 3.43. The van der Waals surface area contributed by atoms with Crippen LogP contribution in [0.4, 0.5) is 0 Å². The molecule has 1 heterocycles. The first kappa shape index (κ1) is 16.3. The van der Waals surface area contributed by atoms with Crippen LogP contribution in [0.3, 0.4) is 0 Å². The van der Waals surface area contributed by atoms with Crippen molar-refractivity contribution < 1.29 is 14.3 Å². The van der Waals surface area contributed by atoms with Gasteiger partial charge in [-0.25, -0.2) is 4.79 Å². The smallest absolute Gasteiger partial charge is 0.355 e. The van der Waals surface area contributed by atoms with Crippen LogP contribution in [-0.2, 0) is 9.53 Å². The summed E-state index contributed by atoms with van der Waals surface area (Å²) in [6.07, 6.45) is 8.28. The van der Waals surface area contributed by atoms with E-state index >= 15 is 0 Å². The lowest BCUT2D eigenvalue weighted by Crippen LogP contribution is -2.48. The van der Waals surface area contributed by atoms with Crippen LogP contribution in [0.5, 0.6) is 0 Å². The Bertz CT molecular complexity index is 527. The first-order valence-corrected chi connectivity index (χ1v) is 7.05. The fourth-order valence-corrected chi connectivity index (χ4v) is 2.01. The first-order chi connectivity index (χ1) is 9.46. The number of carbonyl (C=O) groups excluding carboxylic acids is 2. The van der Waals surface area contributed by atoms with E-state index < -0.39 is 17.4 Å². The van der Waals surface area contributed by atoms with Crippen molar-refractivity contribution in [3.8, 4) is 12.3 Å². The first-order valence-electron chi connectivity index (χ1n) is 6.26. The Labute approximate surface area is 126 Å². The predicted octanol–water partition coefficient (Wildman–Crippen LogP) is 2.24. The van der Waals surface area contributed by atoms with Crippen LogP contribution in [-0.4, -0.2) is 29.0 Å². The standard InChI is InChI=1S/C14H17BrN2O3/c1-4-14(5-2,6-3)17-12(18)9-20-13(19)11-7-10(15)8-16-11/h1,7-8,16H,5-6,9H2,2-3H3,(H,17,18). The van der Waals surface area contributed by atoms with E-state index in [1.807, 2.05) is 13.8 Å². The van der Waals surface area contributed by atoms with Crippen molar-refractivity contribution in [2.45, 2.75) is 32.2 Å². The number of nitrogens with one attached hydrogen (secondary N) is 2. The van der Waals surface area contributed by atoms with Crippen LogP contribution in [0, 0.1) is 12.3 Å². The molecule has 0 aromatic carbocycles. The molecular formula is C14H17BrN2O3. The molecule has 0 radical (unpaired) electrons. The lowest BCUT2D eigenvalue weighted by atomic mass is 9.94. The summed E-state index contributed by atoms with van der Waals surface area (Å²) in [5.41, 5.74) is -0.405. The summed E-state index contributed by atoms with van der Waals surface area (Å²) in [5.74, 6) is 1.58. The van der Waals surface area contributed by atoms with E-state index in [2.05, 4.69) is 32.2 Å². The lowest BCUT2D eigenvalue weighted by Gasteiger charge is -2.26. The quantitative estimate of drug-likeness (QED) is 0.616. The van der Waals surface area contributed by atoms with E-state index in [1.54, 1.807) is 12.3 Å². The molecule has 1 aromatic heterocycles. The van der Waals surface area contributed by atoms with E-state index in [-0.39, 0.29) is 12.3 Å². The highest BCUT2D eigenvalue weighted by molar-refractivity contribution is 9.10. The van der Waals surface area contributed by atoms with Crippen molar-refractivity contribution in [1.82, 2.24) is 10.3 Å². The van der Waals surface area contributed by atoms with Gasteiger partial charge in [-0.05, 0) is 34.8 Å². The molecule has 1 amide bonds. The summed E-state index contributed by atoms with van der Waals surface area (Å²) in [7, 11) is 0. The lowest BCUT2D eigenvalue weighted by molar-refractivity contribution is -0.125. The number of aromatic amines is 1. The molecule has 108 valence electrons. The molecule has 0 saturated carbocycles. The van der Waals surface area contributed by atoms with Gasteiger partial charge in [0.05, 0.1) is 0 Å². The molecule has 0 atom stereocenters. The van der Waals surface area contributed by atoms with Crippen molar-refractivity contribution in [3.63, 3.8) is 0 Å². The number of aromatic nitrogens is 1. The Balaban J connectivity index is 2.52. The Morgan fingerprint density at radius 1 is 1.50 bits per heavy atom. The van der Waals surface area contributed by atoms with Gasteiger partial charge < -0.3 is 15.0 Å². The Hall–Kier alpha value is -1.74. The Morgan fingerprint density at radius 2 is 2.15 bits per heavy atom. The molecule has 20 heavy (non-hydrogen) atoms. The minimum absolute atomic E-state index is 0.277. The number of terminal acetylenes is 1. The molecule has 0 aliphatic rings. The number of carbonyl (C=O) groups is 2. The van der Waals surface area contributed by atoms with Crippen LogP contribution in [0.25, 0.3) is 0 Å². The highest BCUT2D eigenvalue weighted by Gasteiger charge is 2.25. The van der Waals surface area contributed by atoms with Gasteiger partial charge in [0.1, 0.15) is 11.2 Å². The predicted molar refractivity (Wildman–Crippen MR) is 79.1 cm³/mol. The zero-order chi connectivity index (χ0) is 15.2. The molecule has 0 unspecified atom stereocenters. The third kappa shape index (κ3) is 4.14. The maximum absolute atomic E-state index is 11.8. The van der Waals surface area contributed by atoms with Crippen molar-refractivity contribution >= 4 is 27.8 Å². The van der Waals surface area contributed by atoms with Gasteiger partial charge in [-0.3, -0.25) is 4.79 Å². The topological polar surface area (TPSA) is 71.2 Å². The third-order valence-corrected chi connectivity index (χ3v) is 3.52. The second-order valence-electron chi connectivity index (χ2n) is 4.29. The van der Waals surface area contributed by atoms with Crippen LogP contribution in [0.15, 0.2) is 16.7 Å². The SMILES string of the molecule is C#CC(CC)(CC)NC(=O)COC(=O)c1cc(Br)c[nH]1. The summed E-state index contributed by atoms with van der Waals surface area (Å²) >= 11 is 3.21. The van der Waals surface area contributed by atoms with Gasteiger partial charge in [0.2, 0.25) is 0 Å². The second kappa shape index (κ2) is 7.15. The number of hydrogen-bond acceptors (Lipinski definition) is 3. The number of hydrogen-bond donors (Lipinski definition) is 2.